The molecule has 1 N–H and O–H groups in total. The molecule has 0 aliphatic rings. The van der Waals surface area contributed by atoms with Gasteiger partial charge in [0, 0.05) is 0 Å². The number of nitroso groups, excluding NO2 is 1. The highest BCUT2D eigenvalue weighted by Crippen LogP contribution is 2.20. The van der Waals surface area contributed by atoms with Gasteiger partial charge >= 0.3 is 0 Å². The van der Waals surface area contributed by atoms with E-state index < -0.39 is 0 Å². The van der Waals surface area contributed by atoms with E-state index in [-0.39, 0.29) is 11.5 Å². The Hall–Kier alpha value is -1.39. The molecule has 0 radical (unpaired) electrons. The molecule has 62 valence electrons. The molecule has 12 heavy (non-hydrogen) atoms. The Bertz CT molecular complexity index is 293. The maximum Gasteiger partial charge on any atom is 0.229 e. The zero-order valence-corrected chi connectivity index (χ0v) is 6.67. The average molecular weight is 166 g/mol. The van der Waals surface area contributed by atoms with Gasteiger partial charge in [0.25, 0.3) is 0 Å². The van der Waals surface area contributed by atoms with Gasteiger partial charge in [-0.05, 0) is 23.4 Å². The van der Waals surface area contributed by atoms with Crippen molar-refractivity contribution < 1.29 is 4.39 Å². The van der Waals surface area contributed by atoms with E-state index in [9.17, 15) is 9.30 Å². The maximum atomic E-state index is 12.9. The Labute approximate surface area is 70.2 Å². The first-order chi connectivity index (χ1) is 5.77. The predicted octanol–water partition coefficient (Wildman–Crippen LogP) is 2.04. The molecule has 0 saturated heterocycles. The van der Waals surface area contributed by atoms with Gasteiger partial charge in [-0.15, -0.1) is 4.91 Å². The second-order valence-electron chi connectivity index (χ2n) is 2.29. The summed E-state index contributed by atoms with van der Waals surface area (Å²) in [7, 11) is 0.610. The van der Waals surface area contributed by atoms with Crippen LogP contribution in [0.15, 0.2) is 23.4 Å². The van der Waals surface area contributed by atoms with E-state index in [1.54, 1.807) is 0 Å². The number of anilines is 1. The van der Waals surface area contributed by atoms with Crippen LogP contribution in [-0.2, 0) is 0 Å². The van der Waals surface area contributed by atoms with Crippen LogP contribution >= 0.6 is 0 Å². The van der Waals surface area contributed by atoms with Gasteiger partial charge in [-0.2, -0.15) is 0 Å². The summed E-state index contributed by atoms with van der Waals surface area (Å²) in [6, 6.07) is 3.93. The zero-order valence-electron chi connectivity index (χ0n) is 6.67. The van der Waals surface area contributed by atoms with Gasteiger partial charge < -0.3 is 5.23 Å². The number of nitrogens with zero attached hydrogens (tertiary/aromatic N) is 1. The van der Waals surface area contributed by atoms with Crippen LogP contribution in [0.2, 0.25) is 6.82 Å². The molecule has 1 rings (SSSR count). The van der Waals surface area contributed by atoms with E-state index in [0.29, 0.717) is 13.1 Å². The van der Waals surface area contributed by atoms with E-state index in [2.05, 4.69) is 10.4 Å². The third-order valence-corrected chi connectivity index (χ3v) is 1.42. The molecule has 3 nitrogen and oxygen atoms in total. The summed E-state index contributed by atoms with van der Waals surface area (Å²) in [5, 5.41) is 5.47. The smallest absolute Gasteiger partial charge is 0.229 e. The van der Waals surface area contributed by atoms with E-state index in [1.165, 1.54) is 18.2 Å². The van der Waals surface area contributed by atoms with Crippen LogP contribution < -0.4 is 5.23 Å². The van der Waals surface area contributed by atoms with E-state index in [1.807, 2.05) is 6.82 Å². The summed E-state index contributed by atoms with van der Waals surface area (Å²) >= 11 is 0. The first-order valence-corrected chi connectivity index (χ1v) is 3.64. The molecule has 1 aromatic rings. The molecule has 0 heterocycles. The minimum absolute atomic E-state index is 0.229. The molecule has 0 aliphatic heterocycles. The standard InChI is InChI=1S/C7H8BFN2O/c1-8-10-7-4-5(11-12)2-3-6(7)9/h2-4,8,10H,1H3. The molecule has 0 saturated carbocycles. The van der Waals surface area contributed by atoms with Crippen molar-refractivity contribution in [1.82, 2.24) is 0 Å². The SMILES string of the molecule is CBNc1cc(N=O)ccc1F. The summed E-state index contributed by atoms with van der Waals surface area (Å²) in [5.74, 6) is -0.371. The minimum Gasteiger partial charge on any atom is -0.429 e. The van der Waals surface area contributed by atoms with E-state index in [4.69, 9.17) is 0 Å². The maximum absolute atomic E-state index is 12.9. The largest absolute Gasteiger partial charge is 0.429 e. The molecule has 1 aromatic carbocycles. The van der Waals surface area contributed by atoms with Crippen LogP contribution in [0.3, 0.4) is 0 Å². The predicted molar refractivity (Wildman–Crippen MR) is 48.5 cm³/mol. The number of hydrogen-bond acceptors (Lipinski definition) is 3. The van der Waals surface area contributed by atoms with Crippen molar-refractivity contribution >= 4 is 18.8 Å². The monoisotopic (exact) mass is 166 g/mol. The van der Waals surface area contributed by atoms with Crippen molar-refractivity contribution in [1.29, 1.82) is 0 Å². The second kappa shape index (κ2) is 3.85. The third-order valence-electron chi connectivity index (χ3n) is 1.42. The second-order valence-corrected chi connectivity index (χ2v) is 2.29. The topological polar surface area (TPSA) is 41.5 Å². The fourth-order valence-electron chi connectivity index (χ4n) is 0.896. The van der Waals surface area contributed by atoms with Crippen LogP contribution in [-0.4, -0.2) is 7.41 Å². The van der Waals surface area contributed by atoms with Crippen molar-refractivity contribution in [2.45, 2.75) is 6.82 Å². The Morgan fingerprint density at radius 2 is 2.33 bits per heavy atom. The van der Waals surface area contributed by atoms with Gasteiger partial charge in [-0.25, -0.2) is 4.39 Å². The van der Waals surface area contributed by atoms with Gasteiger partial charge in [0.1, 0.15) is 11.5 Å². The highest BCUT2D eigenvalue weighted by molar-refractivity contribution is 6.38. The molecule has 0 atom stereocenters. The first-order valence-electron chi connectivity index (χ1n) is 3.64. The summed E-state index contributed by atoms with van der Waals surface area (Å²) in [6.45, 7) is 1.85. The first kappa shape index (κ1) is 8.71. The van der Waals surface area contributed by atoms with Crippen LogP contribution in [0.5, 0.6) is 0 Å². The normalized spacial score (nSPS) is 9.17. The van der Waals surface area contributed by atoms with Crippen molar-refractivity contribution in [3.8, 4) is 0 Å². The number of hydrogen-bond donors (Lipinski definition) is 1. The van der Waals surface area contributed by atoms with Gasteiger partial charge in [-0.1, -0.05) is 6.82 Å². The molecule has 5 heteroatoms. The molecule has 0 unspecified atom stereocenters. The van der Waals surface area contributed by atoms with Crippen molar-refractivity contribution in [3.63, 3.8) is 0 Å². The Balaban J connectivity index is 2.99. The van der Waals surface area contributed by atoms with Crippen molar-refractivity contribution in [3.05, 3.63) is 28.9 Å². The van der Waals surface area contributed by atoms with Gasteiger partial charge in [0.05, 0.1) is 5.69 Å². The molecule has 0 aliphatic carbocycles. The van der Waals surface area contributed by atoms with Crippen molar-refractivity contribution in [2.75, 3.05) is 5.23 Å². The highest BCUT2D eigenvalue weighted by Gasteiger charge is 2.01. The average Bonchev–Trinajstić information content (AvgIpc) is 2.09. The lowest BCUT2D eigenvalue weighted by Crippen LogP contribution is -2.02. The lowest BCUT2D eigenvalue weighted by atomic mass is 9.99. The van der Waals surface area contributed by atoms with E-state index >= 15 is 0 Å². The molecule has 0 spiro atoms. The highest BCUT2D eigenvalue weighted by atomic mass is 19.1. The van der Waals surface area contributed by atoms with Crippen LogP contribution in [0.25, 0.3) is 0 Å². The molecular weight excluding hydrogens is 158 g/mol. The summed E-state index contributed by atoms with van der Waals surface area (Å²) in [6.07, 6.45) is 0. The Kier molecular flexibility index (Phi) is 2.79. The van der Waals surface area contributed by atoms with Crippen molar-refractivity contribution in [2.24, 2.45) is 5.18 Å². The lowest BCUT2D eigenvalue weighted by Gasteiger charge is -2.03. The van der Waals surface area contributed by atoms with Crippen LogP contribution in [0.1, 0.15) is 0 Å². The van der Waals surface area contributed by atoms with Gasteiger partial charge in [-0.3, -0.25) is 0 Å². The molecule has 0 aromatic heterocycles. The summed E-state index contributed by atoms with van der Waals surface area (Å²) in [4.78, 5) is 10.1. The van der Waals surface area contributed by atoms with Gasteiger partial charge in [0.15, 0.2) is 0 Å². The lowest BCUT2D eigenvalue weighted by molar-refractivity contribution is 0.632. The number of benzene rings is 1. The number of halogens is 1. The molecule has 0 fully saturated rings. The Morgan fingerprint density at radius 1 is 1.58 bits per heavy atom. The molecule has 0 amide bonds. The Morgan fingerprint density at radius 3 is 2.92 bits per heavy atom. The fraction of sp³-hybridized carbons (Fsp3) is 0.143. The van der Waals surface area contributed by atoms with Gasteiger partial charge in [0.2, 0.25) is 7.41 Å². The fourth-order valence-corrected chi connectivity index (χ4v) is 0.896. The number of rotatable bonds is 3. The third kappa shape index (κ3) is 1.81. The quantitative estimate of drug-likeness (QED) is 0.551. The number of nitrogens with one attached hydrogen (secondary N) is 1. The molecular formula is C7H8BFN2O. The summed E-state index contributed by atoms with van der Waals surface area (Å²) in [5.41, 5.74) is 0.543. The molecule has 0 bridgehead atoms. The van der Waals surface area contributed by atoms with E-state index in [0.717, 1.165) is 0 Å². The summed E-state index contributed by atoms with van der Waals surface area (Å²) < 4.78 is 12.9. The minimum atomic E-state index is -0.371. The van der Waals surface area contributed by atoms with Crippen LogP contribution in [0, 0.1) is 10.7 Å². The van der Waals surface area contributed by atoms with Crippen LogP contribution in [0.4, 0.5) is 15.8 Å². The zero-order chi connectivity index (χ0) is 8.97.